The summed E-state index contributed by atoms with van der Waals surface area (Å²) in [6.45, 7) is 2.70. The van der Waals surface area contributed by atoms with Crippen molar-refractivity contribution >= 4 is 17.1 Å². The zero-order valence-electron chi connectivity index (χ0n) is 9.54. The van der Waals surface area contributed by atoms with Gasteiger partial charge in [-0.05, 0) is 17.9 Å². The predicted octanol–water partition coefficient (Wildman–Crippen LogP) is 1.63. The third-order valence-electron chi connectivity index (χ3n) is 2.44. The van der Waals surface area contributed by atoms with Gasteiger partial charge in [-0.3, -0.25) is 4.79 Å². The molecule has 0 aliphatic carbocycles. The quantitative estimate of drug-likeness (QED) is 0.818. The molecule has 17 heavy (non-hydrogen) atoms. The van der Waals surface area contributed by atoms with Crippen LogP contribution < -0.4 is 5.73 Å². The molecule has 0 aliphatic heterocycles. The summed E-state index contributed by atoms with van der Waals surface area (Å²) in [7, 11) is 0. The average molecular weight is 250 g/mol. The molecule has 0 saturated heterocycles. The molecule has 0 bridgehead atoms. The third-order valence-corrected chi connectivity index (χ3v) is 3.39. The van der Waals surface area contributed by atoms with Crippen molar-refractivity contribution in [3.63, 3.8) is 0 Å². The van der Waals surface area contributed by atoms with Crippen LogP contribution in [0.2, 0.25) is 0 Å². The van der Waals surface area contributed by atoms with Gasteiger partial charge in [0, 0.05) is 11.4 Å². The van der Waals surface area contributed by atoms with Gasteiger partial charge in [0.2, 0.25) is 5.78 Å². The molecule has 0 spiro atoms. The lowest BCUT2D eigenvalue weighted by Crippen LogP contribution is -2.23. The second-order valence-electron chi connectivity index (χ2n) is 3.70. The number of carbonyl (C=O) groups is 1. The van der Waals surface area contributed by atoms with E-state index in [-0.39, 0.29) is 5.78 Å². The van der Waals surface area contributed by atoms with Crippen LogP contribution in [0.3, 0.4) is 0 Å². The molecule has 2 aromatic rings. The zero-order chi connectivity index (χ0) is 12.3. The number of carbonyl (C=O) groups excluding carboxylic acids is 1. The first-order chi connectivity index (χ1) is 8.24. The average Bonchev–Trinajstić information content (AvgIpc) is 2.98. The van der Waals surface area contributed by atoms with E-state index in [1.165, 1.54) is 17.5 Å². The van der Waals surface area contributed by atoms with Crippen molar-refractivity contribution in [1.82, 2.24) is 15.0 Å². The Morgan fingerprint density at radius 2 is 2.47 bits per heavy atom. The van der Waals surface area contributed by atoms with Crippen LogP contribution in [-0.4, -0.2) is 20.8 Å². The van der Waals surface area contributed by atoms with Crippen LogP contribution in [0.1, 0.15) is 34.8 Å². The number of nitrogens with zero attached hydrogens (tertiary/aromatic N) is 3. The largest absolute Gasteiger partial charge is 0.317 e. The van der Waals surface area contributed by atoms with E-state index in [2.05, 4.69) is 10.3 Å². The monoisotopic (exact) mass is 250 g/mol. The lowest BCUT2D eigenvalue weighted by atomic mass is 10.1. The SMILES string of the molecule is CCCn1nncc1C(=O)C(N)c1cccs1. The topological polar surface area (TPSA) is 73.8 Å². The molecule has 2 heterocycles. The van der Waals surface area contributed by atoms with Gasteiger partial charge < -0.3 is 5.73 Å². The molecule has 6 heteroatoms. The van der Waals surface area contributed by atoms with Crippen molar-refractivity contribution in [1.29, 1.82) is 0 Å². The first-order valence-electron chi connectivity index (χ1n) is 5.45. The number of thiophene rings is 1. The van der Waals surface area contributed by atoms with Crippen LogP contribution >= 0.6 is 11.3 Å². The fourth-order valence-corrected chi connectivity index (χ4v) is 2.31. The summed E-state index contributed by atoms with van der Waals surface area (Å²) in [6, 6.07) is 3.12. The molecule has 1 atom stereocenters. The fourth-order valence-electron chi connectivity index (χ4n) is 1.58. The summed E-state index contributed by atoms with van der Waals surface area (Å²) in [5.74, 6) is -0.133. The van der Waals surface area contributed by atoms with Gasteiger partial charge in [0.25, 0.3) is 0 Å². The Kier molecular flexibility index (Phi) is 3.65. The maximum atomic E-state index is 12.2. The number of nitrogens with two attached hydrogens (primary N) is 1. The molecule has 2 rings (SSSR count). The Morgan fingerprint density at radius 1 is 1.65 bits per heavy atom. The highest BCUT2D eigenvalue weighted by Gasteiger charge is 2.22. The highest BCUT2D eigenvalue weighted by atomic mass is 32.1. The highest BCUT2D eigenvalue weighted by molar-refractivity contribution is 7.10. The number of rotatable bonds is 5. The van der Waals surface area contributed by atoms with Crippen molar-refractivity contribution in [2.24, 2.45) is 5.73 Å². The maximum absolute atomic E-state index is 12.2. The van der Waals surface area contributed by atoms with E-state index in [4.69, 9.17) is 5.73 Å². The van der Waals surface area contributed by atoms with Crippen LogP contribution in [-0.2, 0) is 6.54 Å². The number of Topliss-reactive ketones (excluding diaryl/α,β-unsaturated/α-hetero) is 1. The minimum atomic E-state index is -0.621. The molecule has 0 fully saturated rings. The molecule has 0 amide bonds. The maximum Gasteiger partial charge on any atom is 0.204 e. The third kappa shape index (κ3) is 2.42. The Hall–Kier alpha value is -1.53. The van der Waals surface area contributed by atoms with Gasteiger partial charge in [-0.2, -0.15) is 0 Å². The van der Waals surface area contributed by atoms with Crippen molar-refractivity contribution in [2.45, 2.75) is 25.9 Å². The number of hydrogen-bond donors (Lipinski definition) is 1. The second kappa shape index (κ2) is 5.20. The number of aryl methyl sites for hydroxylation is 1. The summed E-state index contributed by atoms with van der Waals surface area (Å²) in [6.07, 6.45) is 2.38. The summed E-state index contributed by atoms with van der Waals surface area (Å²) >= 11 is 1.48. The standard InChI is InChI=1S/C11H14N4OS/c1-2-5-15-8(7-13-14-15)11(16)10(12)9-4-3-6-17-9/h3-4,6-7,10H,2,5,12H2,1H3. The normalized spacial score (nSPS) is 12.6. The van der Waals surface area contributed by atoms with Gasteiger partial charge in [-0.25, -0.2) is 4.68 Å². The van der Waals surface area contributed by atoms with Crippen LogP contribution in [0, 0.1) is 0 Å². The van der Waals surface area contributed by atoms with Crippen molar-refractivity contribution in [2.75, 3.05) is 0 Å². The number of ketones is 1. The van der Waals surface area contributed by atoms with E-state index in [1.54, 1.807) is 4.68 Å². The first kappa shape index (κ1) is 11.9. The Labute approximate surface area is 103 Å². The molecule has 0 saturated carbocycles. The lowest BCUT2D eigenvalue weighted by molar-refractivity contribution is 0.0952. The van der Waals surface area contributed by atoms with Crippen LogP contribution in [0.15, 0.2) is 23.7 Å². The van der Waals surface area contributed by atoms with Gasteiger partial charge in [-0.15, -0.1) is 16.4 Å². The Bertz CT molecular complexity index is 491. The van der Waals surface area contributed by atoms with Gasteiger partial charge in [0.15, 0.2) is 0 Å². The van der Waals surface area contributed by atoms with E-state index >= 15 is 0 Å². The second-order valence-corrected chi connectivity index (χ2v) is 4.68. The first-order valence-corrected chi connectivity index (χ1v) is 6.33. The summed E-state index contributed by atoms with van der Waals surface area (Å²) < 4.78 is 1.61. The minimum Gasteiger partial charge on any atom is -0.317 e. The van der Waals surface area contributed by atoms with E-state index in [1.807, 2.05) is 24.4 Å². The van der Waals surface area contributed by atoms with Crippen LogP contribution in [0.25, 0.3) is 0 Å². The highest BCUT2D eigenvalue weighted by Crippen LogP contribution is 2.20. The van der Waals surface area contributed by atoms with Crippen molar-refractivity contribution < 1.29 is 4.79 Å². The van der Waals surface area contributed by atoms with E-state index in [0.717, 1.165) is 11.3 Å². The Morgan fingerprint density at radius 3 is 3.12 bits per heavy atom. The molecule has 0 aromatic carbocycles. The molecule has 2 aromatic heterocycles. The fraction of sp³-hybridized carbons (Fsp3) is 0.364. The molecular weight excluding hydrogens is 236 g/mol. The Balaban J connectivity index is 2.22. The van der Waals surface area contributed by atoms with Crippen molar-refractivity contribution in [3.05, 3.63) is 34.3 Å². The molecular formula is C11H14N4OS. The smallest absolute Gasteiger partial charge is 0.204 e. The summed E-state index contributed by atoms with van der Waals surface area (Å²) in [5, 5.41) is 9.56. The number of aromatic nitrogens is 3. The molecule has 2 N–H and O–H groups in total. The lowest BCUT2D eigenvalue weighted by Gasteiger charge is -2.09. The van der Waals surface area contributed by atoms with E-state index < -0.39 is 6.04 Å². The van der Waals surface area contributed by atoms with Gasteiger partial charge >= 0.3 is 0 Å². The summed E-state index contributed by atoms with van der Waals surface area (Å²) in [4.78, 5) is 13.0. The molecule has 90 valence electrons. The van der Waals surface area contributed by atoms with Gasteiger partial charge in [0.05, 0.1) is 6.20 Å². The minimum absolute atomic E-state index is 0.133. The number of hydrogen-bond acceptors (Lipinski definition) is 5. The van der Waals surface area contributed by atoms with Gasteiger partial charge in [0.1, 0.15) is 11.7 Å². The summed E-state index contributed by atoms with van der Waals surface area (Å²) in [5.41, 5.74) is 6.41. The predicted molar refractivity (Wildman–Crippen MR) is 65.9 cm³/mol. The van der Waals surface area contributed by atoms with Gasteiger partial charge in [-0.1, -0.05) is 18.2 Å². The molecule has 5 nitrogen and oxygen atoms in total. The van der Waals surface area contributed by atoms with E-state index in [0.29, 0.717) is 12.2 Å². The van der Waals surface area contributed by atoms with Crippen LogP contribution in [0.5, 0.6) is 0 Å². The molecule has 1 unspecified atom stereocenters. The molecule has 0 aliphatic rings. The van der Waals surface area contributed by atoms with Crippen LogP contribution in [0.4, 0.5) is 0 Å². The van der Waals surface area contributed by atoms with E-state index in [9.17, 15) is 4.79 Å². The van der Waals surface area contributed by atoms with Crippen molar-refractivity contribution in [3.8, 4) is 0 Å². The zero-order valence-corrected chi connectivity index (χ0v) is 10.4. The molecule has 0 radical (unpaired) electrons.